The molecule has 13 heteroatoms. The number of rotatable bonds is 11. The van der Waals surface area contributed by atoms with Gasteiger partial charge in [-0.05, 0) is 6.92 Å². The third-order valence-corrected chi connectivity index (χ3v) is 2.94. The molecule has 0 aliphatic rings. The van der Waals surface area contributed by atoms with E-state index in [0.717, 1.165) is 0 Å². The van der Waals surface area contributed by atoms with E-state index in [1.807, 2.05) is 0 Å². The summed E-state index contributed by atoms with van der Waals surface area (Å²) in [6, 6.07) is -4.10. The third kappa shape index (κ3) is 9.17. The minimum atomic E-state index is -1.45. The highest BCUT2D eigenvalue weighted by atomic mass is 16.4. The fraction of sp³-hybridized carbons (Fsp3) is 0.538. The summed E-state index contributed by atoms with van der Waals surface area (Å²) in [4.78, 5) is 67.4. The number of carbonyl (C=O) groups excluding carboxylic acids is 4. The summed E-state index contributed by atoms with van der Waals surface area (Å²) >= 11 is 0. The van der Waals surface area contributed by atoms with Gasteiger partial charge in [0.2, 0.25) is 23.6 Å². The fourth-order valence-electron chi connectivity index (χ4n) is 1.61. The van der Waals surface area contributed by atoms with Gasteiger partial charge < -0.3 is 37.6 Å². The molecule has 0 fully saturated rings. The second-order valence-corrected chi connectivity index (χ2v) is 5.28. The fourth-order valence-corrected chi connectivity index (χ4v) is 1.61. The predicted molar refractivity (Wildman–Crippen MR) is 84.2 cm³/mol. The zero-order chi connectivity index (χ0) is 20.4. The molecule has 0 rings (SSSR count). The number of nitrogens with two attached hydrogens (primary N) is 2. The first-order chi connectivity index (χ1) is 11.9. The summed E-state index contributed by atoms with van der Waals surface area (Å²) in [6.45, 7) is 0.524. The molecular weight excluding hydrogens is 354 g/mol. The van der Waals surface area contributed by atoms with Gasteiger partial charge in [0.05, 0.1) is 25.4 Å². The smallest absolute Gasteiger partial charge is 0.325 e. The van der Waals surface area contributed by atoms with Gasteiger partial charge in [-0.2, -0.15) is 0 Å². The number of amides is 4. The van der Waals surface area contributed by atoms with E-state index in [1.165, 1.54) is 6.92 Å². The highest BCUT2D eigenvalue weighted by molar-refractivity contribution is 5.95. The van der Waals surface area contributed by atoms with E-state index in [0.29, 0.717) is 0 Å². The summed E-state index contributed by atoms with van der Waals surface area (Å²) in [5.41, 5.74) is 10.3. The van der Waals surface area contributed by atoms with E-state index in [-0.39, 0.29) is 0 Å². The molecule has 0 aromatic rings. The van der Waals surface area contributed by atoms with Crippen molar-refractivity contribution in [3.8, 4) is 0 Å². The van der Waals surface area contributed by atoms with Gasteiger partial charge >= 0.3 is 11.9 Å². The first-order valence-corrected chi connectivity index (χ1v) is 7.30. The average Bonchev–Trinajstić information content (AvgIpc) is 2.50. The molecule has 0 aromatic heterocycles. The van der Waals surface area contributed by atoms with Gasteiger partial charge in [0.25, 0.3) is 0 Å². The molecule has 0 saturated carbocycles. The van der Waals surface area contributed by atoms with Crippen molar-refractivity contribution in [1.29, 1.82) is 0 Å². The molecule has 13 nitrogen and oxygen atoms in total. The van der Waals surface area contributed by atoms with Crippen LogP contribution in [-0.4, -0.2) is 70.5 Å². The van der Waals surface area contributed by atoms with Crippen LogP contribution in [0.2, 0.25) is 0 Å². The maximum Gasteiger partial charge on any atom is 0.325 e. The van der Waals surface area contributed by atoms with Crippen LogP contribution in [0.15, 0.2) is 0 Å². The number of carboxylic acid groups (broad SMARTS) is 2. The van der Waals surface area contributed by atoms with Crippen molar-refractivity contribution in [3.05, 3.63) is 0 Å². The van der Waals surface area contributed by atoms with Gasteiger partial charge in [0.15, 0.2) is 0 Å². The van der Waals surface area contributed by atoms with Gasteiger partial charge in [0, 0.05) is 0 Å². The molecule has 0 aliphatic carbocycles. The minimum absolute atomic E-state index is 0.601. The summed E-state index contributed by atoms with van der Waals surface area (Å²) in [6.07, 6.45) is -1.25. The van der Waals surface area contributed by atoms with Crippen LogP contribution in [0.25, 0.3) is 0 Å². The Labute approximate surface area is 147 Å². The van der Waals surface area contributed by atoms with Crippen LogP contribution in [0.4, 0.5) is 0 Å². The first-order valence-electron chi connectivity index (χ1n) is 7.30. The number of hydrogen-bond acceptors (Lipinski definition) is 7. The number of carbonyl (C=O) groups is 6. The van der Waals surface area contributed by atoms with E-state index < -0.39 is 73.1 Å². The molecule has 0 saturated heterocycles. The Morgan fingerprint density at radius 1 is 0.962 bits per heavy atom. The lowest BCUT2D eigenvalue weighted by Gasteiger charge is -2.19. The Balaban J connectivity index is 4.70. The lowest BCUT2D eigenvalue weighted by Crippen LogP contribution is -2.54. The van der Waals surface area contributed by atoms with Crippen molar-refractivity contribution >= 4 is 35.6 Å². The van der Waals surface area contributed by atoms with Crippen LogP contribution in [0.3, 0.4) is 0 Å². The molecule has 4 amide bonds. The van der Waals surface area contributed by atoms with E-state index >= 15 is 0 Å². The van der Waals surface area contributed by atoms with Crippen molar-refractivity contribution in [2.45, 2.75) is 37.9 Å². The molecule has 0 bridgehead atoms. The standard InChI is InChI=1S/C13H21N5O8/c1-5(13(25)26)17-12(24)7(3-8(15)19)18-9(20)4-16-11(23)6(14)2-10(21)22/h5-7H,2-4,14H2,1H3,(H2,15,19)(H,16,23)(H,17,24)(H,18,20)(H,21,22)(H,25,26). The number of primary amides is 1. The van der Waals surface area contributed by atoms with Crippen LogP contribution in [0, 0.1) is 0 Å². The van der Waals surface area contributed by atoms with Gasteiger partial charge in [-0.1, -0.05) is 0 Å². The quantitative estimate of drug-likeness (QED) is 0.185. The molecule has 146 valence electrons. The highest BCUT2D eigenvalue weighted by Crippen LogP contribution is 1.95. The van der Waals surface area contributed by atoms with Crippen molar-refractivity contribution < 1.29 is 39.0 Å². The second kappa shape index (κ2) is 10.6. The maximum absolute atomic E-state index is 11.9. The molecule has 3 atom stereocenters. The molecular formula is C13H21N5O8. The Bertz CT molecular complexity index is 593. The van der Waals surface area contributed by atoms with E-state index in [4.69, 9.17) is 21.7 Å². The Morgan fingerprint density at radius 3 is 2.00 bits per heavy atom. The summed E-state index contributed by atoms with van der Waals surface area (Å²) < 4.78 is 0. The Morgan fingerprint density at radius 2 is 1.54 bits per heavy atom. The highest BCUT2D eigenvalue weighted by Gasteiger charge is 2.26. The Kier molecular flexibility index (Phi) is 9.29. The predicted octanol–water partition coefficient (Wildman–Crippen LogP) is -4.15. The molecule has 0 radical (unpaired) electrons. The van der Waals surface area contributed by atoms with E-state index in [1.54, 1.807) is 0 Å². The van der Waals surface area contributed by atoms with Crippen molar-refractivity contribution in [2.24, 2.45) is 11.5 Å². The molecule has 0 aliphatic heterocycles. The molecule has 0 spiro atoms. The van der Waals surface area contributed by atoms with Gasteiger partial charge in [-0.3, -0.25) is 28.8 Å². The third-order valence-electron chi connectivity index (χ3n) is 2.94. The lowest BCUT2D eigenvalue weighted by molar-refractivity contribution is -0.141. The zero-order valence-electron chi connectivity index (χ0n) is 13.9. The number of carboxylic acids is 2. The monoisotopic (exact) mass is 375 g/mol. The Hall–Kier alpha value is -3.22. The molecule has 0 heterocycles. The van der Waals surface area contributed by atoms with E-state index in [2.05, 4.69) is 16.0 Å². The maximum atomic E-state index is 11.9. The largest absolute Gasteiger partial charge is 0.481 e. The topological polar surface area (TPSA) is 231 Å². The van der Waals surface area contributed by atoms with Crippen molar-refractivity contribution in [3.63, 3.8) is 0 Å². The van der Waals surface area contributed by atoms with Crippen molar-refractivity contribution in [1.82, 2.24) is 16.0 Å². The van der Waals surface area contributed by atoms with Crippen LogP contribution in [-0.2, 0) is 28.8 Å². The van der Waals surface area contributed by atoms with Gasteiger partial charge in [-0.15, -0.1) is 0 Å². The number of nitrogens with one attached hydrogen (secondary N) is 3. The van der Waals surface area contributed by atoms with Gasteiger partial charge in [0.1, 0.15) is 12.1 Å². The summed E-state index contributed by atoms with van der Waals surface area (Å²) in [7, 11) is 0. The lowest BCUT2D eigenvalue weighted by atomic mass is 10.1. The van der Waals surface area contributed by atoms with Crippen LogP contribution < -0.4 is 27.4 Å². The van der Waals surface area contributed by atoms with E-state index in [9.17, 15) is 28.8 Å². The first kappa shape index (κ1) is 22.8. The van der Waals surface area contributed by atoms with Gasteiger partial charge in [-0.25, -0.2) is 0 Å². The second-order valence-electron chi connectivity index (χ2n) is 5.28. The average molecular weight is 375 g/mol. The zero-order valence-corrected chi connectivity index (χ0v) is 13.9. The van der Waals surface area contributed by atoms with Crippen LogP contribution >= 0.6 is 0 Å². The van der Waals surface area contributed by atoms with Crippen LogP contribution in [0.5, 0.6) is 0 Å². The SMILES string of the molecule is CC(NC(=O)C(CC(N)=O)NC(=O)CNC(=O)C(N)CC(=O)O)C(=O)O. The number of hydrogen-bond donors (Lipinski definition) is 7. The van der Waals surface area contributed by atoms with Crippen LogP contribution in [0.1, 0.15) is 19.8 Å². The summed E-state index contributed by atoms with van der Waals surface area (Å²) in [5, 5.41) is 23.5. The van der Waals surface area contributed by atoms with Crippen molar-refractivity contribution in [2.75, 3.05) is 6.54 Å². The number of aliphatic carboxylic acids is 2. The minimum Gasteiger partial charge on any atom is -0.481 e. The molecule has 3 unspecified atom stereocenters. The summed E-state index contributed by atoms with van der Waals surface area (Å²) in [5.74, 6) is -6.32. The molecule has 0 aromatic carbocycles. The normalized spacial score (nSPS) is 13.6. The molecule has 26 heavy (non-hydrogen) atoms. The molecule has 9 N–H and O–H groups in total.